The molecule has 0 radical (unpaired) electrons. The average Bonchev–Trinajstić information content (AvgIpc) is 3.28. The molecule has 7 nitrogen and oxygen atoms in total. The van der Waals surface area contributed by atoms with Gasteiger partial charge in [0.1, 0.15) is 0 Å². The summed E-state index contributed by atoms with van der Waals surface area (Å²) in [6.45, 7) is 8.96. The molecule has 0 aliphatic rings. The van der Waals surface area contributed by atoms with Crippen LogP contribution in [-0.2, 0) is 6.54 Å². The summed E-state index contributed by atoms with van der Waals surface area (Å²) in [4.78, 5) is 16.2. The van der Waals surface area contributed by atoms with Crippen LogP contribution in [-0.4, -0.2) is 25.1 Å². The molecule has 4 rings (SSSR count). The molecule has 3 N–H and O–H groups in total. The largest absolute Gasteiger partial charge is 0.378 e. The number of halogens is 1. The Morgan fingerprint density at radius 1 is 1.13 bits per heavy atom. The Morgan fingerprint density at radius 3 is 2.47 bits per heavy atom. The van der Waals surface area contributed by atoms with Crippen LogP contribution in [0.4, 0.5) is 5.69 Å². The number of anilines is 1. The Hall–Kier alpha value is -3.32. The Morgan fingerprint density at radius 2 is 1.83 bits per heavy atom. The van der Waals surface area contributed by atoms with Crippen LogP contribution in [0.5, 0.6) is 0 Å². The van der Waals surface area contributed by atoms with Gasteiger partial charge in [0.05, 0.1) is 28.8 Å². The molecule has 0 unspecified atom stereocenters. The summed E-state index contributed by atoms with van der Waals surface area (Å²) in [6.07, 6.45) is 5.08. The van der Waals surface area contributed by atoms with Gasteiger partial charge in [0.2, 0.25) is 0 Å². The van der Waals surface area contributed by atoms with Crippen molar-refractivity contribution in [2.45, 2.75) is 34.2 Å². The van der Waals surface area contributed by atoms with Crippen molar-refractivity contribution >= 4 is 29.6 Å². The molecule has 0 fully saturated rings. The Bertz CT molecular complexity index is 1220. The molecule has 0 saturated carbocycles. The van der Waals surface area contributed by atoms with E-state index >= 15 is 0 Å². The summed E-state index contributed by atoms with van der Waals surface area (Å²) < 4.78 is 3.70. The lowest BCUT2D eigenvalue weighted by Crippen LogP contribution is -2.09. The number of carbonyl (C=O) groups excluding carboxylic acids is 1. The number of benzene rings is 1. The van der Waals surface area contributed by atoms with Gasteiger partial charge in [-0.3, -0.25) is 4.79 Å². The number of aromatic nitrogens is 4. The van der Waals surface area contributed by atoms with Crippen molar-refractivity contribution in [3.63, 3.8) is 0 Å². The molecule has 0 aliphatic heterocycles. The number of fused-ring (bicyclic) bond motifs is 1. The number of nitrogens with zero attached hydrogens (tertiary/aromatic N) is 4. The predicted molar refractivity (Wildman–Crippen MR) is 121 cm³/mol. The zero-order chi connectivity index (χ0) is 20.7. The summed E-state index contributed by atoms with van der Waals surface area (Å²) >= 11 is 0. The minimum absolute atomic E-state index is 0. The van der Waals surface area contributed by atoms with Crippen LogP contribution in [0.2, 0.25) is 0 Å². The van der Waals surface area contributed by atoms with Crippen LogP contribution in [0.3, 0.4) is 0 Å². The van der Waals surface area contributed by atoms with Gasteiger partial charge < -0.3 is 15.5 Å². The van der Waals surface area contributed by atoms with Gasteiger partial charge in [-0.05, 0) is 50.5 Å². The Labute approximate surface area is 181 Å². The maximum Gasteiger partial charge on any atom is 0.251 e. The standard InChI is InChI=1S/C22H24N6O.ClH/c1-13-6-5-7-14(2)19(13)10-24-20-8-18(28-11-17(9-25-28)21(23)29)12-27-16(4)15(3)26-22(20)27;/h5-9,11-12,24H,10H2,1-4H3,(H2,23,29);1H. The molecule has 30 heavy (non-hydrogen) atoms. The Kier molecular flexibility index (Phi) is 5.85. The quantitative estimate of drug-likeness (QED) is 0.508. The second-order valence-corrected chi connectivity index (χ2v) is 7.35. The Balaban J connectivity index is 0.00000256. The van der Waals surface area contributed by atoms with E-state index in [0.29, 0.717) is 12.1 Å². The number of nitrogens with one attached hydrogen (secondary N) is 1. The second kappa shape index (κ2) is 8.20. The molecule has 8 heteroatoms. The van der Waals surface area contributed by atoms with Crippen molar-refractivity contribution in [3.05, 3.63) is 76.5 Å². The summed E-state index contributed by atoms with van der Waals surface area (Å²) in [5, 5.41) is 7.84. The van der Waals surface area contributed by atoms with Gasteiger partial charge in [0.25, 0.3) is 5.91 Å². The highest BCUT2D eigenvalue weighted by atomic mass is 35.5. The third-order valence-corrected chi connectivity index (χ3v) is 5.41. The third kappa shape index (κ3) is 3.76. The summed E-state index contributed by atoms with van der Waals surface area (Å²) in [5.74, 6) is -0.500. The normalized spacial score (nSPS) is 10.8. The predicted octanol–water partition coefficient (Wildman–Crippen LogP) is 3.89. The molecule has 0 atom stereocenters. The fraction of sp³-hybridized carbons (Fsp3) is 0.227. The lowest BCUT2D eigenvalue weighted by molar-refractivity contribution is 0.100. The van der Waals surface area contributed by atoms with Gasteiger partial charge in [-0.2, -0.15) is 5.10 Å². The van der Waals surface area contributed by atoms with E-state index < -0.39 is 5.91 Å². The molecule has 0 spiro atoms. The van der Waals surface area contributed by atoms with E-state index in [1.807, 2.05) is 30.5 Å². The molecule has 1 amide bonds. The monoisotopic (exact) mass is 424 g/mol. The lowest BCUT2D eigenvalue weighted by Gasteiger charge is -2.14. The number of nitrogens with two attached hydrogens (primary N) is 1. The number of hydrogen-bond acceptors (Lipinski definition) is 4. The van der Waals surface area contributed by atoms with Crippen molar-refractivity contribution in [1.82, 2.24) is 19.2 Å². The van der Waals surface area contributed by atoms with E-state index in [2.05, 4.69) is 42.5 Å². The minimum atomic E-state index is -0.500. The minimum Gasteiger partial charge on any atom is -0.378 e. The van der Waals surface area contributed by atoms with Crippen molar-refractivity contribution in [1.29, 1.82) is 0 Å². The SMILES string of the molecule is Cc1cccc(C)c1CNc1cc(-n2cc(C(N)=O)cn2)cn2c(C)c(C)nc12.Cl. The smallest absolute Gasteiger partial charge is 0.251 e. The fourth-order valence-electron chi connectivity index (χ4n) is 3.51. The first-order valence-corrected chi connectivity index (χ1v) is 9.48. The number of carbonyl (C=O) groups is 1. The molecular formula is C22H25ClN6O. The molecule has 3 heterocycles. The first kappa shape index (κ1) is 21.4. The number of rotatable bonds is 5. The average molecular weight is 425 g/mol. The molecule has 1 aromatic carbocycles. The number of imidazole rings is 1. The second-order valence-electron chi connectivity index (χ2n) is 7.35. The zero-order valence-corrected chi connectivity index (χ0v) is 18.2. The first-order valence-electron chi connectivity index (χ1n) is 9.48. The van der Waals surface area contributed by atoms with E-state index in [0.717, 1.165) is 28.4 Å². The van der Waals surface area contributed by atoms with Crippen LogP contribution in [0.1, 0.15) is 38.4 Å². The summed E-state index contributed by atoms with van der Waals surface area (Å²) in [5.41, 5.74) is 14.1. The maximum atomic E-state index is 11.4. The van der Waals surface area contributed by atoms with E-state index in [4.69, 9.17) is 10.7 Å². The lowest BCUT2D eigenvalue weighted by atomic mass is 10.0. The van der Waals surface area contributed by atoms with Gasteiger partial charge in [0.15, 0.2) is 5.65 Å². The van der Waals surface area contributed by atoms with Crippen LogP contribution in [0, 0.1) is 27.7 Å². The number of aryl methyl sites for hydroxylation is 4. The third-order valence-electron chi connectivity index (χ3n) is 5.41. The molecule has 3 aromatic heterocycles. The number of primary amides is 1. The number of amides is 1. The fourth-order valence-corrected chi connectivity index (χ4v) is 3.51. The first-order chi connectivity index (χ1) is 13.8. The molecule has 4 aromatic rings. The van der Waals surface area contributed by atoms with Gasteiger partial charge in [-0.25, -0.2) is 9.67 Å². The zero-order valence-electron chi connectivity index (χ0n) is 17.4. The molecule has 0 aliphatic carbocycles. The van der Waals surface area contributed by atoms with E-state index in [1.54, 1.807) is 10.9 Å². The van der Waals surface area contributed by atoms with Crippen LogP contribution in [0.25, 0.3) is 11.3 Å². The van der Waals surface area contributed by atoms with Crippen LogP contribution >= 0.6 is 12.4 Å². The van der Waals surface area contributed by atoms with Crippen molar-refractivity contribution in [3.8, 4) is 5.69 Å². The summed E-state index contributed by atoms with van der Waals surface area (Å²) in [6, 6.07) is 8.30. The van der Waals surface area contributed by atoms with Gasteiger partial charge in [0, 0.05) is 24.6 Å². The van der Waals surface area contributed by atoms with Gasteiger partial charge in [-0.15, -0.1) is 12.4 Å². The number of pyridine rings is 1. The van der Waals surface area contributed by atoms with Gasteiger partial charge >= 0.3 is 0 Å². The van der Waals surface area contributed by atoms with Crippen LogP contribution in [0.15, 0.2) is 42.9 Å². The highest BCUT2D eigenvalue weighted by molar-refractivity contribution is 5.92. The molecule has 0 bridgehead atoms. The number of hydrogen-bond donors (Lipinski definition) is 2. The highest BCUT2D eigenvalue weighted by Crippen LogP contribution is 2.25. The van der Waals surface area contributed by atoms with Crippen molar-refractivity contribution in [2.24, 2.45) is 5.73 Å². The van der Waals surface area contributed by atoms with Crippen molar-refractivity contribution in [2.75, 3.05) is 5.32 Å². The maximum absolute atomic E-state index is 11.4. The molecule has 156 valence electrons. The van der Waals surface area contributed by atoms with Crippen molar-refractivity contribution < 1.29 is 4.79 Å². The van der Waals surface area contributed by atoms with E-state index in [1.165, 1.54) is 22.9 Å². The van der Waals surface area contributed by atoms with E-state index in [9.17, 15) is 4.79 Å². The topological polar surface area (TPSA) is 90.2 Å². The van der Waals surface area contributed by atoms with E-state index in [-0.39, 0.29) is 12.4 Å². The molecule has 0 saturated heterocycles. The summed E-state index contributed by atoms with van der Waals surface area (Å²) in [7, 11) is 0. The molecular weight excluding hydrogens is 400 g/mol. The highest BCUT2D eigenvalue weighted by Gasteiger charge is 2.14. The van der Waals surface area contributed by atoms with Gasteiger partial charge in [-0.1, -0.05) is 18.2 Å². The van der Waals surface area contributed by atoms with Crippen LogP contribution < -0.4 is 11.1 Å².